The second-order valence-corrected chi connectivity index (χ2v) is 18.7. The maximum absolute atomic E-state index is 12.3. The molecule has 1 saturated heterocycles. The van der Waals surface area contributed by atoms with E-state index >= 15 is 0 Å². The molecule has 0 saturated carbocycles. The minimum absolute atomic E-state index is 0.0704. The third-order valence-electron chi connectivity index (χ3n) is 7.37. The lowest BCUT2D eigenvalue weighted by Gasteiger charge is -2.46. The van der Waals surface area contributed by atoms with Gasteiger partial charge in [0.2, 0.25) is 12.2 Å². The fourth-order valence-electron chi connectivity index (χ4n) is 4.04. The molecule has 3 rings (SSSR count). The van der Waals surface area contributed by atoms with Gasteiger partial charge in [0.05, 0.1) is 19.8 Å². The molecule has 42 heavy (non-hydrogen) atoms. The molecular weight excluding hydrogens is 621 g/mol. The molecule has 1 unspecified atom stereocenters. The minimum atomic E-state index is -2.23. The zero-order valence-corrected chi connectivity index (χ0v) is 28.0. The van der Waals surface area contributed by atoms with E-state index in [-0.39, 0.29) is 24.9 Å². The van der Waals surface area contributed by atoms with Crippen molar-refractivity contribution in [3.63, 3.8) is 0 Å². The van der Waals surface area contributed by atoms with Crippen LogP contribution in [0.15, 0.2) is 60.7 Å². The zero-order chi connectivity index (χ0) is 31.1. The van der Waals surface area contributed by atoms with E-state index in [0.29, 0.717) is 0 Å². The van der Waals surface area contributed by atoms with E-state index < -0.39 is 54.7 Å². The van der Waals surface area contributed by atoms with Crippen LogP contribution in [0, 0.1) is 5.41 Å². The fourth-order valence-corrected chi connectivity index (χ4v) is 5.19. The van der Waals surface area contributed by atoms with E-state index in [9.17, 15) is 4.79 Å². The Morgan fingerprint density at radius 1 is 0.857 bits per heavy atom. The number of carbonyl (C=O) groups is 1. The molecule has 1 N–H and O–H groups in total. The summed E-state index contributed by atoms with van der Waals surface area (Å²) in [4.78, 5) is 12.3. The van der Waals surface area contributed by atoms with Crippen LogP contribution in [0.5, 0.6) is 0 Å². The van der Waals surface area contributed by atoms with Crippen molar-refractivity contribution in [3.8, 4) is 0 Å². The van der Waals surface area contributed by atoms with E-state index in [4.69, 9.17) is 68.3 Å². The second-order valence-electron chi connectivity index (χ2n) is 11.7. The number of esters is 1. The van der Waals surface area contributed by atoms with Gasteiger partial charge >= 0.3 is 5.97 Å². The van der Waals surface area contributed by atoms with E-state index in [1.165, 1.54) is 6.92 Å². The van der Waals surface area contributed by atoms with E-state index in [2.05, 4.69) is 33.9 Å². The van der Waals surface area contributed by atoms with Crippen LogP contribution in [0.3, 0.4) is 0 Å². The van der Waals surface area contributed by atoms with Gasteiger partial charge in [-0.2, -0.15) is 0 Å². The van der Waals surface area contributed by atoms with Gasteiger partial charge in [-0.15, -0.1) is 0 Å². The summed E-state index contributed by atoms with van der Waals surface area (Å²) in [5.41, 5.74) is 1.83. The van der Waals surface area contributed by atoms with Crippen molar-refractivity contribution in [2.24, 2.45) is 0 Å². The zero-order valence-electron chi connectivity index (χ0n) is 24.8. The highest BCUT2D eigenvalue weighted by atomic mass is 35.6. The van der Waals surface area contributed by atoms with Gasteiger partial charge in [-0.1, -0.05) is 116 Å². The SMILES string of the molecule is CC(=O)O[C@H]1C(OC(=N)C(Cl)(Cl)Cl)O[C@H](CO[Si](C)(C)C(C)(C)C)[C@@H](OCc2ccccc2)[C@@H]1OCc1ccccc1. The Bertz CT molecular complexity index is 1160. The Hall–Kier alpha value is -1.69. The molecule has 0 amide bonds. The van der Waals surface area contributed by atoms with Crippen molar-refractivity contribution >= 4 is 55.0 Å². The third-order valence-corrected chi connectivity index (χ3v) is 12.4. The first-order valence-electron chi connectivity index (χ1n) is 13.7. The van der Waals surface area contributed by atoms with Crippen LogP contribution in [0.25, 0.3) is 0 Å². The van der Waals surface area contributed by atoms with Crippen LogP contribution in [0.4, 0.5) is 0 Å². The van der Waals surface area contributed by atoms with Gasteiger partial charge in [0, 0.05) is 6.92 Å². The molecular formula is C30H40Cl3NO7Si. The molecule has 2 aromatic carbocycles. The van der Waals surface area contributed by atoms with Crippen molar-refractivity contribution < 1.29 is 32.9 Å². The van der Waals surface area contributed by atoms with Gasteiger partial charge in [0.1, 0.15) is 18.3 Å². The van der Waals surface area contributed by atoms with E-state index in [1.807, 2.05) is 60.7 Å². The first-order valence-corrected chi connectivity index (χ1v) is 17.7. The van der Waals surface area contributed by atoms with Gasteiger partial charge in [-0.3, -0.25) is 10.2 Å². The molecule has 0 spiro atoms. The number of rotatable bonds is 11. The van der Waals surface area contributed by atoms with Crippen LogP contribution in [-0.4, -0.2) is 61.3 Å². The van der Waals surface area contributed by atoms with Crippen LogP contribution >= 0.6 is 34.8 Å². The maximum Gasteiger partial charge on any atom is 0.303 e. The Kier molecular flexibility index (Phi) is 12.3. The summed E-state index contributed by atoms with van der Waals surface area (Å²) < 4.78 is 35.0. The van der Waals surface area contributed by atoms with Crippen molar-refractivity contribution in [2.75, 3.05) is 6.61 Å². The number of carbonyl (C=O) groups excluding carboxylic acids is 1. The van der Waals surface area contributed by atoms with Crippen molar-refractivity contribution in [2.45, 2.75) is 93.5 Å². The summed E-state index contributed by atoms with van der Waals surface area (Å²) in [7, 11) is -2.23. The van der Waals surface area contributed by atoms with Crippen LogP contribution in [0.2, 0.25) is 18.1 Å². The fraction of sp³-hybridized carbons (Fsp3) is 0.533. The number of hydrogen-bond acceptors (Lipinski definition) is 8. The summed E-state index contributed by atoms with van der Waals surface area (Å²) in [5, 5.41) is 8.14. The average Bonchev–Trinajstić information content (AvgIpc) is 2.91. The molecule has 8 nitrogen and oxygen atoms in total. The minimum Gasteiger partial charge on any atom is -0.453 e. The molecule has 2 aromatic rings. The normalized spacial score (nSPS) is 23.3. The van der Waals surface area contributed by atoms with Crippen molar-refractivity contribution in [1.29, 1.82) is 5.41 Å². The Morgan fingerprint density at radius 2 is 1.36 bits per heavy atom. The molecule has 1 aliphatic rings. The standard InChI is InChI=1S/C30H40Cl3NO7Si/c1-20(35)39-26-25(37-18-22-15-11-8-12-16-22)24(36-17-21-13-9-7-10-14-21)23(19-38-42(5,6)29(2,3)4)40-27(26)41-28(34)30(31,32)33/h7-16,23-27,34H,17-19H2,1-6H3/t23-,24-,25+,26-,27?/m1/s1. The second kappa shape index (κ2) is 14.9. The highest BCUT2D eigenvalue weighted by molar-refractivity contribution is 6.76. The summed E-state index contributed by atoms with van der Waals surface area (Å²) in [6.45, 7) is 12.5. The summed E-state index contributed by atoms with van der Waals surface area (Å²) in [6.07, 6.45) is -4.91. The lowest BCUT2D eigenvalue weighted by Crippen LogP contribution is -2.63. The number of benzene rings is 2. The van der Waals surface area contributed by atoms with Gasteiger partial charge in [0.15, 0.2) is 14.4 Å². The lowest BCUT2D eigenvalue weighted by molar-refractivity contribution is -0.303. The first kappa shape index (κ1) is 34.8. The molecule has 0 aliphatic carbocycles. The largest absolute Gasteiger partial charge is 0.453 e. The molecule has 12 heteroatoms. The molecule has 1 aliphatic heterocycles. The van der Waals surface area contributed by atoms with Crippen LogP contribution < -0.4 is 0 Å². The Morgan fingerprint density at radius 3 is 1.81 bits per heavy atom. The molecule has 1 heterocycles. The highest BCUT2D eigenvalue weighted by Crippen LogP contribution is 2.38. The molecule has 0 bridgehead atoms. The topological polar surface area (TPSA) is 96.3 Å². The third kappa shape index (κ3) is 9.92. The van der Waals surface area contributed by atoms with Crippen LogP contribution in [0.1, 0.15) is 38.8 Å². The smallest absolute Gasteiger partial charge is 0.303 e. The van der Waals surface area contributed by atoms with Gasteiger partial charge < -0.3 is 28.1 Å². The molecule has 0 radical (unpaired) electrons. The average molecular weight is 661 g/mol. The maximum atomic E-state index is 12.3. The van der Waals surface area contributed by atoms with Gasteiger partial charge in [-0.05, 0) is 29.3 Å². The predicted octanol–water partition coefficient (Wildman–Crippen LogP) is 7.20. The molecule has 5 atom stereocenters. The molecule has 1 fully saturated rings. The predicted molar refractivity (Wildman–Crippen MR) is 167 cm³/mol. The van der Waals surface area contributed by atoms with Crippen molar-refractivity contribution in [1.82, 2.24) is 0 Å². The number of ether oxygens (including phenoxy) is 5. The first-order chi connectivity index (χ1) is 19.6. The molecule has 0 aromatic heterocycles. The lowest BCUT2D eigenvalue weighted by atomic mass is 9.98. The van der Waals surface area contributed by atoms with Crippen molar-refractivity contribution in [3.05, 3.63) is 71.8 Å². The van der Waals surface area contributed by atoms with Gasteiger partial charge in [0.25, 0.3) is 3.79 Å². The van der Waals surface area contributed by atoms with E-state index in [1.54, 1.807) is 0 Å². The van der Waals surface area contributed by atoms with Crippen LogP contribution in [-0.2, 0) is 46.1 Å². The summed E-state index contributed by atoms with van der Waals surface area (Å²) in [5.74, 6) is -1.30. The number of hydrogen-bond donors (Lipinski definition) is 1. The quantitative estimate of drug-likeness (QED) is 0.0895. The Labute approximate surface area is 264 Å². The summed E-state index contributed by atoms with van der Waals surface area (Å²) in [6, 6.07) is 19.2. The van der Waals surface area contributed by atoms with E-state index in [0.717, 1.165) is 11.1 Å². The number of nitrogens with one attached hydrogen (secondary N) is 1. The monoisotopic (exact) mass is 659 g/mol. The molecule has 232 valence electrons. The Balaban J connectivity index is 2.01. The number of halogens is 3. The number of alkyl halides is 3. The summed E-state index contributed by atoms with van der Waals surface area (Å²) >= 11 is 17.8. The highest BCUT2D eigenvalue weighted by Gasteiger charge is 2.52. The van der Waals surface area contributed by atoms with Gasteiger partial charge in [-0.25, -0.2) is 0 Å².